The Bertz CT molecular complexity index is 290. The molecule has 0 aromatic heterocycles. The average molecular weight is 243 g/mol. The summed E-state index contributed by atoms with van der Waals surface area (Å²) in [4.78, 5) is 24.6. The van der Waals surface area contributed by atoms with Crippen LogP contribution in [0.2, 0.25) is 0 Å². The fourth-order valence-corrected chi connectivity index (χ4v) is 2.40. The first-order valence-electron chi connectivity index (χ1n) is 6.11. The lowest BCUT2D eigenvalue weighted by atomic mass is 10.0. The highest BCUT2D eigenvalue weighted by Crippen LogP contribution is 2.32. The number of amides is 1. The first-order chi connectivity index (χ1) is 7.97. The molecule has 0 saturated heterocycles. The monoisotopic (exact) mass is 243 g/mol. The fourth-order valence-electron chi connectivity index (χ4n) is 2.40. The van der Waals surface area contributed by atoms with Gasteiger partial charge in [-0.2, -0.15) is 0 Å². The van der Waals surface area contributed by atoms with Gasteiger partial charge in [-0.3, -0.25) is 9.59 Å². The van der Waals surface area contributed by atoms with Crippen molar-refractivity contribution in [1.29, 1.82) is 0 Å². The molecular weight excluding hydrogens is 222 g/mol. The van der Waals surface area contributed by atoms with Gasteiger partial charge in [-0.05, 0) is 33.1 Å². The van der Waals surface area contributed by atoms with E-state index in [1.165, 1.54) is 0 Å². The van der Waals surface area contributed by atoms with Gasteiger partial charge in [0.05, 0.1) is 12.5 Å². The highest BCUT2D eigenvalue weighted by atomic mass is 16.4. The van der Waals surface area contributed by atoms with E-state index < -0.39 is 5.97 Å². The molecule has 0 heterocycles. The Balaban J connectivity index is 2.60. The Morgan fingerprint density at radius 3 is 2.29 bits per heavy atom. The Morgan fingerprint density at radius 2 is 1.88 bits per heavy atom. The first-order valence-corrected chi connectivity index (χ1v) is 6.11. The zero-order valence-electron chi connectivity index (χ0n) is 10.4. The van der Waals surface area contributed by atoms with Gasteiger partial charge in [0.25, 0.3) is 0 Å². The normalized spacial score (nSPS) is 24.0. The summed E-state index contributed by atoms with van der Waals surface area (Å²) in [5, 5.41) is 17.8. The van der Waals surface area contributed by atoms with Crippen LogP contribution >= 0.6 is 0 Å². The van der Waals surface area contributed by atoms with E-state index in [9.17, 15) is 9.59 Å². The number of hydrogen-bond acceptors (Lipinski definition) is 3. The van der Waals surface area contributed by atoms with Crippen LogP contribution in [0.3, 0.4) is 0 Å². The third kappa shape index (κ3) is 3.43. The minimum Gasteiger partial charge on any atom is -0.481 e. The van der Waals surface area contributed by atoms with Crippen molar-refractivity contribution in [1.82, 2.24) is 4.90 Å². The molecule has 5 heteroatoms. The molecule has 98 valence electrons. The van der Waals surface area contributed by atoms with Gasteiger partial charge < -0.3 is 15.1 Å². The van der Waals surface area contributed by atoms with Gasteiger partial charge in [0.1, 0.15) is 0 Å². The summed E-state index contributed by atoms with van der Waals surface area (Å²) in [6.07, 6.45) is 1.66. The maximum absolute atomic E-state index is 12.2. The van der Waals surface area contributed by atoms with E-state index in [0.29, 0.717) is 25.8 Å². The molecule has 1 aliphatic rings. The fraction of sp³-hybridized carbons (Fsp3) is 0.833. The molecule has 1 aliphatic carbocycles. The van der Waals surface area contributed by atoms with E-state index >= 15 is 0 Å². The maximum atomic E-state index is 12.2. The smallest absolute Gasteiger partial charge is 0.306 e. The molecule has 0 aliphatic heterocycles. The number of aliphatic carboxylic acids is 1. The van der Waals surface area contributed by atoms with Crippen LogP contribution in [0.1, 0.15) is 33.1 Å². The number of rotatable bonds is 5. The lowest BCUT2D eigenvalue weighted by Crippen LogP contribution is -2.42. The third-order valence-electron chi connectivity index (χ3n) is 3.38. The van der Waals surface area contributed by atoms with E-state index in [1.54, 1.807) is 4.90 Å². The largest absolute Gasteiger partial charge is 0.481 e. The summed E-state index contributed by atoms with van der Waals surface area (Å²) in [7, 11) is 0. The molecule has 1 saturated carbocycles. The van der Waals surface area contributed by atoms with Crippen LogP contribution in [-0.4, -0.2) is 46.2 Å². The number of aliphatic hydroxyl groups is 1. The predicted octanol–water partition coefficient (Wildman–Crippen LogP) is 0.717. The van der Waals surface area contributed by atoms with Gasteiger partial charge in [0.2, 0.25) is 5.91 Å². The van der Waals surface area contributed by atoms with E-state index in [4.69, 9.17) is 10.2 Å². The van der Waals surface area contributed by atoms with Crippen LogP contribution in [-0.2, 0) is 9.59 Å². The van der Waals surface area contributed by atoms with Gasteiger partial charge in [-0.1, -0.05) is 0 Å². The molecule has 2 N–H and O–H groups in total. The molecule has 5 nitrogen and oxygen atoms in total. The SMILES string of the molecule is CC(C)N(CCO)C(=O)[C@@H]1CC[C@H](C(=O)O)C1. The molecule has 0 aromatic carbocycles. The summed E-state index contributed by atoms with van der Waals surface area (Å²) in [6.45, 7) is 4.07. The molecule has 0 unspecified atom stereocenters. The number of carboxylic acids is 1. The van der Waals surface area contributed by atoms with Crippen molar-refractivity contribution in [3.05, 3.63) is 0 Å². The minimum absolute atomic E-state index is 0.0159. The van der Waals surface area contributed by atoms with Crippen LogP contribution in [0.15, 0.2) is 0 Å². The van der Waals surface area contributed by atoms with E-state index in [0.717, 1.165) is 0 Å². The van der Waals surface area contributed by atoms with Crippen molar-refractivity contribution >= 4 is 11.9 Å². The van der Waals surface area contributed by atoms with Crippen LogP contribution in [0.4, 0.5) is 0 Å². The molecule has 17 heavy (non-hydrogen) atoms. The summed E-state index contributed by atoms with van der Waals surface area (Å²) < 4.78 is 0. The molecule has 0 aromatic rings. The highest BCUT2D eigenvalue weighted by molar-refractivity contribution is 5.81. The number of hydrogen-bond donors (Lipinski definition) is 2. The minimum atomic E-state index is -0.807. The Morgan fingerprint density at radius 1 is 1.29 bits per heavy atom. The predicted molar refractivity (Wildman–Crippen MR) is 62.4 cm³/mol. The van der Waals surface area contributed by atoms with Crippen molar-refractivity contribution < 1.29 is 19.8 Å². The molecule has 0 bridgehead atoms. The second kappa shape index (κ2) is 6.00. The van der Waals surface area contributed by atoms with Gasteiger partial charge in [-0.25, -0.2) is 0 Å². The van der Waals surface area contributed by atoms with Gasteiger partial charge >= 0.3 is 5.97 Å². The number of carbonyl (C=O) groups excluding carboxylic acids is 1. The number of carbonyl (C=O) groups is 2. The summed E-state index contributed by atoms with van der Waals surface area (Å²) in [5.74, 6) is -1.39. The third-order valence-corrected chi connectivity index (χ3v) is 3.38. The van der Waals surface area contributed by atoms with E-state index in [-0.39, 0.29) is 30.4 Å². The zero-order chi connectivity index (χ0) is 13.0. The van der Waals surface area contributed by atoms with Crippen LogP contribution in [0.25, 0.3) is 0 Å². The van der Waals surface area contributed by atoms with Crippen LogP contribution in [0, 0.1) is 11.8 Å². The number of aliphatic hydroxyl groups excluding tert-OH is 1. The van der Waals surface area contributed by atoms with Gasteiger partial charge in [0, 0.05) is 18.5 Å². The van der Waals surface area contributed by atoms with Gasteiger partial charge in [0.15, 0.2) is 0 Å². The molecule has 0 radical (unpaired) electrons. The highest BCUT2D eigenvalue weighted by Gasteiger charge is 2.36. The number of nitrogens with zero attached hydrogens (tertiary/aromatic N) is 1. The van der Waals surface area contributed by atoms with Crippen LogP contribution < -0.4 is 0 Å². The Labute approximate surface area is 101 Å². The molecule has 2 atom stereocenters. The molecule has 0 spiro atoms. The molecular formula is C12H21NO4. The molecule has 1 rings (SSSR count). The summed E-state index contributed by atoms with van der Waals surface area (Å²) >= 11 is 0. The zero-order valence-corrected chi connectivity index (χ0v) is 10.4. The van der Waals surface area contributed by atoms with E-state index in [2.05, 4.69) is 0 Å². The summed E-state index contributed by atoms with van der Waals surface area (Å²) in [5.41, 5.74) is 0. The van der Waals surface area contributed by atoms with E-state index in [1.807, 2.05) is 13.8 Å². The Hall–Kier alpha value is -1.10. The lowest BCUT2D eigenvalue weighted by Gasteiger charge is -2.28. The van der Waals surface area contributed by atoms with Gasteiger partial charge in [-0.15, -0.1) is 0 Å². The topological polar surface area (TPSA) is 77.8 Å². The maximum Gasteiger partial charge on any atom is 0.306 e. The van der Waals surface area contributed by atoms with Crippen molar-refractivity contribution in [2.24, 2.45) is 11.8 Å². The average Bonchev–Trinajstić information content (AvgIpc) is 2.73. The quantitative estimate of drug-likeness (QED) is 0.745. The second-order valence-corrected chi connectivity index (χ2v) is 4.89. The van der Waals surface area contributed by atoms with Crippen molar-refractivity contribution in [2.75, 3.05) is 13.2 Å². The van der Waals surface area contributed by atoms with Crippen LogP contribution in [0.5, 0.6) is 0 Å². The molecule has 1 fully saturated rings. The second-order valence-electron chi connectivity index (χ2n) is 4.89. The van der Waals surface area contributed by atoms with Crippen molar-refractivity contribution in [2.45, 2.75) is 39.2 Å². The lowest BCUT2D eigenvalue weighted by molar-refractivity contribution is -0.142. The van der Waals surface area contributed by atoms with Crippen molar-refractivity contribution in [3.8, 4) is 0 Å². The summed E-state index contributed by atoms with van der Waals surface area (Å²) in [6, 6.07) is 0.0403. The standard InChI is InChI=1S/C12H21NO4/c1-8(2)13(5-6-14)11(15)9-3-4-10(7-9)12(16)17/h8-10,14H,3-7H2,1-2H3,(H,16,17)/t9-,10+/m1/s1. The number of carboxylic acid groups (broad SMARTS) is 1. The first kappa shape index (κ1) is 14.0. The van der Waals surface area contributed by atoms with Crippen molar-refractivity contribution in [3.63, 3.8) is 0 Å². The molecule has 1 amide bonds. The Kier molecular flexibility index (Phi) is 4.93.